The molecule has 1 rings (SSSR count). The van der Waals surface area contributed by atoms with Gasteiger partial charge in [0.1, 0.15) is 0 Å². The molecule has 88 valence electrons. The van der Waals surface area contributed by atoms with E-state index >= 15 is 0 Å². The van der Waals surface area contributed by atoms with Crippen molar-refractivity contribution in [2.75, 3.05) is 5.32 Å². The Morgan fingerprint density at radius 2 is 2.31 bits per heavy atom. The molecule has 16 heavy (non-hydrogen) atoms. The van der Waals surface area contributed by atoms with E-state index in [-0.39, 0.29) is 5.91 Å². The molecule has 4 nitrogen and oxygen atoms in total. The molecule has 4 heteroatoms. The molecule has 0 aromatic carbocycles. The second-order valence-electron chi connectivity index (χ2n) is 4.26. The van der Waals surface area contributed by atoms with E-state index in [2.05, 4.69) is 10.3 Å². The second-order valence-corrected chi connectivity index (χ2v) is 4.26. The molecule has 1 amide bonds. The van der Waals surface area contributed by atoms with E-state index in [1.807, 2.05) is 19.9 Å². The second kappa shape index (κ2) is 5.07. The van der Waals surface area contributed by atoms with Crippen LogP contribution in [-0.4, -0.2) is 16.4 Å². The summed E-state index contributed by atoms with van der Waals surface area (Å²) in [5.41, 5.74) is 6.63. The Morgan fingerprint density at radius 1 is 1.62 bits per heavy atom. The van der Waals surface area contributed by atoms with Crippen LogP contribution < -0.4 is 11.1 Å². The molecule has 1 aromatic heterocycles. The lowest BCUT2D eigenvalue weighted by molar-refractivity contribution is -0.120. The Morgan fingerprint density at radius 3 is 2.88 bits per heavy atom. The van der Waals surface area contributed by atoms with Crippen molar-refractivity contribution in [2.24, 2.45) is 5.73 Å². The summed E-state index contributed by atoms with van der Waals surface area (Å²) in [5, 5.41) is 2.81. The van der Waals surface area contributed by atoms with Gasteiger partial charge in [-0.05, 0) is 32.4 Å². The quantitative estimate of drug-likeness (QED) is 0.815. The number of aromatic nitrogens is 1. The minimum absolute atomic E-state index is 0.162. The topological polar surface area (TPSA) is 68.0 Å². The zero-order chi connectivity index (χ0) is 12.2. The summed E-state index contributed by atoms with van der Waals surface area (Å²) < 4.78 is 0. The smallest absolute Gasteiger partial charge is 0.244 e. The molecular weight excluding hydrogens is 202 g/mol. The number of nitrogens with one attached hydrogen (secondary N) is 1. The first-order valence-corrected chi connectivity index (χ1v) is 5.49. The zero-order valence-corrected chi connectivity index (χ0v) is 10.1. The minimum atomic E-state index is -0.822. The normalized spacial score (nSPS) is 14.2. The molecular formula is C12H19N3O. The molecule has 1 unspecified atom stereocenters. The van der Waals surface area contributed by atoms with E-state index in [0.29, 0.717) is 6.42 Å². The molecule has 1 atom stereocenters. The first-order valence-electron chi connectivity index (χ1n) is 5.49. The van der Waals surface area contributed by atoms with Gasteiger partial charge in [-0.1, -0.05) is 13.3 Å². The fourth-order valence-electron chi connectivity index (χ4n) is 1.51. The number of nitrogens with zero attached hydrogens (tertiary/aromatic N) is 1. The predicted octanol–water partition coefficient (Wildman–Crippen LogP) is 1.85. The third-order valence-corrected chi connectivity index (χ3v) is 2.54. The lowest BCUT2D eigenvalue weighted by Gasteiger charge is -2.23. The molecule has 1 aromatic rings. The molecule has 0 radical (unpaired) electrons. The van der Waals surface area contributed by atoms with Crippen LogP contribution in [0.5, 0.6) is 0 Å². The predicted molar refractivity (Wildman–Crippen MR) is 65.1 cm³/mol. The van der Waals surface area contributed by atoms with Crippen molar-refractivity contribution in [3.63, 3.8) is 0 Å². The van der Waals surface area contributed by atoms with E-state index in [4.69, 9.17) is 5.73 Å². The minimum Gasteiger partial charge on any atom is -0.323 e. The van der Waals surface area contributed by atoms with E-state index < -0.39 is 5.54 Å². The van der Waals surface area contributed by atoms with Crippen LogP contribution in [0.1, 0.15) is 32.4 Å². The van der Waals surface area contributed by atoms with Crippen molar-refractivity contribution in [3.05, 3.63) is 24.0 Å². The maximum absolute atomic E-state index is 11.9. The third kappa shape index (κ3) is 3.03. The van der Waals surface area contributed by atoms with Crippen LogP contribution in [0.25, 0.3) is 0 Å². The highest BCUT2D eigenvalue weighted by atomic mass is 16.2. The van der Waals surface area contributed by atoms with Gasteiger partial charge in [-0.3, -0.25) is 9.78 Å². The van der Waals surface area contributed by atoms with Gasteiger partial charge in [0.15, 0.2) is 0 Å². The average molecular weight is 221 g/mol. The van der Waals surface area contributed by atoms with Crippen LogP contribution in [0.15, 0.2) is 18.3 Å². The van der Waals surface area contributed by atoms with Crippen molar-refractivity contribution < 1.29 is 4.79 Å². The Bertz CT molecular complexity index is 374. The molecule has 3 N–H and O–H groups in total. The van der Waals surface area contributed by atoms with Gasteiger partial charge in [-0.2, -0.15) is 0 Å². The Kier molecular flexibility index (Phi) is 4.01. The molecule has 0 fully saturated rings. The number of anilines is 1. The van der Waals surface area contributed by atoms with Crippen molar-refractivity contribution >= 4 is 11.6 Å². The molecule has 0 saturated carbocycles. The summed E-state index contributed by atoms with van der Waals surface area (Å²) in [7, 11) is 0. The lowest BCUT2D eigenvalue weighted by atomic mass is 9.96. The molecule has 1 heterocycles. The van der Waals surface area contributed by atoms with E-state index in [9.17, 15) is 4.79 Å². The summed E-state index contributed by atoms with van der Waals surface area (Å²) >= 11 is 0. The summed E-state index contributed by atoms with van der Waals surface area (Å²) in [6.07, 6.45) is 3.24. The Hall–Kier alpha value is -1.42. The Labute approximate surface area is 96.3 Å². The highest BCUT2D eigenvalue weighted by Gasteiger charge is 2.27. The number of nitrogens with two attached hydrogens (primary N) is 1. The number of hydrogen-bond donors (Lipinski definition) is 2. The Balaban J connectivity index is 2.75. The number of pyridine rings is 1. The summed E-state index contributed by atoms with van der Waals surface area (Å²) in [5.74, 6) is -0.162. The van der Waals surface area contributed by atoms with Crippen LogP contribution in [0.3, 0.4) is 0 Å². The number of carbonyl (C=O) groups is 1. The standard InChI is InChI=1S/C12H19N3O/c1-4-7-12(3,13)11(16)15-10-6-5-8-14-9(10)2/h5-6,8H,4,7,13H2,1-3H3,(H,15,16). The first-order chi connectivity index (χ1) is 7.47. The van der Waals surface area contributed by atoms with Crippen LogP contribution >= 0.6 is 0 Å². The fourth-order valence-corrected chi connectivity index (χ4v) is 1.51. The zero-order valence-electron chi connectivity index (χ0n) is 10.1. The van der Waals surface area contributed by atoms with Crippen LogP contribution in [-0.2, 0) is 4.79 Å². The number of rotatable bonds is 4. The van der Waals surface area contributed by atoms with Gasteiger partial charge in [-0.25, -0.2) is 0 Å². The molecule has 0 saturated heterocycles. The monoisotopic (exact) mass is 221 g/mol. The van der Waals surface area contributed by atoms with Crippen molar-refractivity contribution in [3.8, 4) is 0 Å². The largest absolute Gasteiger partial charge is 0.323 e. The van der Waals surface area contributed by atoms with Gasteiger partial charge >= 0.3 is 0 Å². The third-order valence-electron chi connectivity index (χ3n) is 2.54. The van der Waals surface area contributed by atoms with Crippen LogP contribution in [0.4, 0.5) is 5.69 Å². The molecule has 0 spiro atoms. The number of amides is 1. The number of hydrogen-bond acceptors (Lipinski definition) is 3. The molecule has 0 aliphatic heterocycles. The maximum atomic E-state index is 11.9. The number of aryl methyl sites for hydroxylation is 1. The van der Waals surface area contributed by atoms with E-state index in [1.54, 1.807) is 19.2 Å². The van der Waals surface area contributed by atoms with Crippen molar-refractivity contribution in [1.29, 1.82) is 0 Å². The summed E-state index contributed by atoms with van der Waals surface area (Å²) in [4.78, 5) is 16.0. The average Bonchev–Trinajstić information content (AvgIpc) is 2.21. The highest BCUT2D eigenvalue weighted by Crippen LogP contribution is 2.15. The molecule has 0 bridgehead atoms. The van der Waals surface area contributed by atoms with Gasteiger partial charge in [0.2, 0.25) is 5.91 Å². The van der Waals surface area contributed by atoms with E-state index in [0.717, 1.165) is 17.8 Å². The van der Waals surface area contributed by atoms with Gasteiger partial charge in [0, 0.05) is 6.20 Å². The van der Waals surface area contributed by atoms with Crippen molar-refractivity contribution in [1.82, 2.24) is 4.98 Å². The SMILES string of the molecule is CCCC(C)(N)C(=O)Nc1cccnc1C. The van der Waals surface area contributed by atoms with Gasteiger partial charge in [0.05, 0.1) is 16.9 Å². The fraction of sp³-hybridized carbons (Fsp3) is 0.500. The van der Waals surface area contributed by atoms with Gasteiger partial charge in [0.25, 0.3) is 0 Å². The summed E-state index contributed by atoms with van der Waals surface area (Å²) in [6, 6.07) is 3.61. The highest BCUT2D eigenvalue weighted by molar-refractivity contribution is 5.97. The van der Waals surface area contributed by atoms with E-state index in [1.165, 1.54) is 0 Å². The van der Waals surface area contributed by atoms with Crippen LogP contribution in [0, 0.1) is 6.92 Å². The maximum Gasteiger partial charge on any atom is 0.244 e. The molecule has 0 aliphatic rings. The summed E-state index contributed by atoms with van der Waals surface area (Å²) in [6.45, 7) is 5.61. The number of carbonyl (C=O) groups excluding carboxylic acids is 1. The van der Waals surface area contributed by atoms with Gasteiger partial charge in [-0.15, -0.1) is 0 Å². The van der Waals surface area contributed by atoms with Crippen molar-refractivity contribution in [2.45, 2.75) is 39.2 Å². The molecule has 0 aliphatic carbocycles. The van der Waals surface area contributed by atoms with Crippen LogP contribution in [0.2, 0.25) is 0 Å². The lowest BCUT2D eigenvalue weighted by Crippen LogP contribution is -2.48. The first kappa shape index (κ1) is 12.6. The van der Waals surface area contributed by atoms with Gasteiger partial charge < -0.3 is 11.1 Å².